The molecule has 1 atom stereocenters. The molecule has 0 fully saturated rings. The number of ether oxygens (including phenoxy) is 2. The van der Waals surface area contributed by atoms with E-state index in [2.05, 4.69) is 5.32 Å². The number of hydrogen-bond acceptors (Lipinski definition) is 4. The van der Waals surface area contributed by atoms with E-state index in [9.17, 15) is 4.79 Å². The minimum absolute atomic E-state index is 0.136. The molecule has 0 radical (unpaired) electrons. The van der Waals surface area contributed by atoms with Crippen LogP contribution in [0.5, 0.6) is 5.75 Å². The minimum atomic E-state index is -0.531. The van der Waals surface area contributed by atoms with Gasteiger partial charge in [-0.05, 0) is 37.6 Å². The molecule has 1 aromatic rings. The Balaban J connectivity index is 2.33. The molecule has 5 nitrogen and oxygen atoms in total. The maximum atomic E-state index is 11.7. The highest BCUT2D eigenvalue weighted by atomic mass is 16.5. The van der Waals surface area contributed by atoms with Crippen molar-refractivity contribution in [1.82, 2.24) is 5.32 Å². The Morgan fingerprint density at radius 3 is 2.67 bits per heavy atom. The average Bonchev–Trinajstić information content (AvgIpc) is 2.37. The molecule has 100 valence electrons. The summed E-state index contributed by atoms with van der Waals surface area (Å²) in [7, 11) is 1.63. The zero-order chi connectivity index (χ0) is 13.4. The second kappa shape index (κ2) is 7.55. The first-order valence-electron chi connectivity index (χ1n) is 5.92. The molecule has 0 spiro atoms. The van der Waals surface area contributed by atoms with Gasteiger partial charge in [0, 0.05) is 25.9 Å². The number of hydrogen-bond donors (Lipinski definition) is 2. The lowest BCUT2D eigenvalue weighted by Crippen LogP contribution is -2.37. The number of methoxy groups -OCH3 is 1. The van der Waals surface area contributed by atoms with Crippen molar-refractivity contribution >= 4 is 11.6 Å². The summed E-state index contributed by atoms with van der Waals surface area (Å²) in [5, 5.41) is 2.78. The molecule has 0 aromatic heterocycles. The molecular formula is C13H20N2O3. The predicted octanol–water partition coefficient (Wildman–Crippen LogP) is 1.19. The Kier molecular flexibility index (Phi) is 6.00. The molecule has 0 heterocycles. The lowest BCUT2D eigenvalue weighted by atomic mass is 10.3. The lowest BCUT2D eigenvalue weighted by Gasteiger charge is -2.14. The van der Waals surface area contributed by atoms with Crippen LogP contribution < -0.4 is 15.8 Å². The predicted molar refractivity (Wildman–Crippen MR) is 70.4 cm³/mol. The lowest BCUT2D eigenvalue weighted by molar-refractivity contribution is -0.127. The maximum Gasteiger partial charge on any atom is 0.260 e. The number of nitrogens with two attached hydrogens (primary N) is 1. The van der Waals surface area contributed by atoms with Gasteiger partial charge in [0.15, 0.2) is 6.10 Å². The van der Waals surface area contributed by atoms with Crippen molar-refractivity contribution in [1.29, 1.82) is 0 Å². The third kappa shape index (κ3) is 5.05. The molecule has 0 aliphatic heterocycles. The molecule has 0 aliphatic carbocycles. The van der Waals surface area contributed by atoms with Crippen LogP contribution in [0, 0.1) is 0 Å². The van der Waals surface area contributed by atoms with E-state index in [-0.39, 0.29) is 5.91 Å². The molecule has 5 heteroatoms. The zero-order valence-corrected chi connectivity index (χ0v) is 10.8. The fraction of sp³-hybridized carbons (Fsp3) is 0.462. The second-order valence-electron chi connectivity index (χ2n) is 3.97. The summed E-state index contributed by atoms with van der Waals surface area (Å²) in [5.41, 5.74) is 6.23. The number of carbonyl (C=O) groups excluding carboxylic acids is 1. The van der Waals surface area contributed by atoms with Crippen molar-refractivity contribution in [3.05, 3.63) is 24.3 Å². The van der Waals surface area contributed by atoms with Gasteiger partial charge in [0.05, 0.1) is 0 Å². The highest BCUT2D eigenvalue weighted by Crippen LogP contribution is 2.14. The third-order valence-electron chi connectivity index (χ3n) is 2.39. The Labute approximate surface area is 107 Å². The number of anilines is 1. The van der Waals surface area contributed by atoms with E-state index in [1.54, 1.807) is 38.3 Å². The van der Waals surface area contributed by atoms with Crippen LogP contribution in [-0.2, 0) is 9.53 Å². The van der Waals surface area contributed by atoms with Crippen LogP contribution in [-0.4, -0.2) is 32.3 Å². The number of carbonyl (C=O) groups is 1. The SMILES string of the molecule is COCCCNC(=O)C(C)Oc1ccc(N)cc1. The molecule has 18 heavy (non-hydrogen) atoms. The fourth-order valence-corrected chi connectivity index (χ4v) is 1.38. The van der Waals surface area contributed by atoms with Crippen molar-refractivity contribution in [2.24, 2.45) is 0 Å². The molecule has 1 rings (SSSR count). The summed E-state index contributed by atoms with van der Waals surface area (Å²) < 4.78 is 10.4. The van der Waals surface area contributed by atoms with Crippen molar-refractivity contribution in [3.63, 3.8) is 0 Å². The van der Waals surface area contributed by atoms with E-state index in [1.807, 2.05) is 0 Å². The quantitative estimate of drug-likeness (QED) is 0.564. The van der Waals surface area contributed by atoms with E-state index >= 15 is 0 Å². The summed E-state index contributed by atoms with van der Waals surface area (Å²) in [4.78, 5) is 11.7. The summed E-state index contributed by atoms with van der Waals surface area (Å²) in [5.74, 6) is 0.492. The van der Waals surface area contributed by atoms with E-state index in [4.69, 9.17) is 15.2 Å². The Bertz CT molecular complexity index is 365. The molecule has 0 aliphatic rings. The van der Waals surface area contributed by atoms with Gasteiger partial charge in [-0.25, -0.2) is 0 Å². The zero-order valence-electron chi connectivity index (χ0n) is 10.8. The molecule has 1 unspecified atom stereocenters. The van der Waals surface area contributed by atoms with Gasteiger partial charge < -0.3 is 20.5 Å². The Hall–Kier alpha value is -1.75. The van der Waals surface area contributed by atoms with Crippen LogP contribution >= 0.6 is 0 Å². The van der Waals surface area contributed by atoms with E-state index in [0.29, 0.717) is 24.6 Å². The third-order valence-corrected chi connectivity index (χ3v) is 2.39. The molecule has 0 saturated carbocycles. The summed E-state index contributed by atoms with van der Waals surface area (Å²) in [6, 6.07) is 6.95. The van der Waals surface area contributed by atoms with Gasteiger partial charge in [0.2, 0.25) is 0 Å². The van der Waals surface area contributed by atoms with Crippen LogP contribution in [0.4, 0.5) is 5.69 Å². The van der Waals surface area contributed by atoms with Gasteiger partial charge in [-0.2, -0.15) is 0 Å². The van der Waals surface area contributed by atoms with E-state index in [1.165, 1.54) is 0 Å². The highest BCUT2D eigenvalue weighted by molar-refractivity contribution is 5.80. The molecular weight excluding hydrogens is 232 g/mol. The van der Waals surface area contributed by atoms with Gasteiger partial charge >= 0.3 is 0 Å². The summed E-state index contributed by atoms with van der Waals surface area (Å²) >= 11 is 0. The van der Waals surface area contributed by atoms with Crippen LogP contribution in [0.3, 0.4) is 0 Å². The monoisotopic (exact) mass is 252 g/mol. The van der Waals surface area contributed by atoms with Crippen LogP contribution in [0.1, 0.15) is 13.3 Å². The number of amides is 1. The second-order valence-corrected chi connectivity index (χ2v) is 3.97. The van der Waals surface area contributed by atoms with Crippen LogP contribution in [0.15, 0.2) is 24.3 Å². The largest absolute Gasteiger partial charge is 0.481 e. The highest BCUT2D eigenvalue weighted by Gasteiger charge is 2.13. The van der Waals surface area contributed by atoms with Crippen molar-refractivity contribution < 1.29 is 14.3 Å². The van der Waals surface area contributed by atoms with Gasteiger partial charge in [-0.1, -0.05) is 0 Å². The smallest absolute Gasteiger partial charge is 0.260 e. The fourth-order valence-electron chi connectivity index (χ4n) is 1.38. The summed E-state index contributed by atoms with van der Waals surface area (Å²) in [6.45, 7) is 2.93. The first-order valence-corrected chi connectivity index (χ1v) is 5.92. The van der Waals surface area contributed by atoms with E-state index in [0.717, 1.165) is 6.42 Å². The number of rotatable bonds is 7. The standard InChI is InChI=1S/C13H20N2O3/c1-10(13(16)15-8-3-9-17-2)18-12-6-4-11(14)5-7-12/h4-7,10H,3,8-9,14H2,1-2H3,(H,15,16). The van der Waals surface area contributed by atoms with Gasteiger partial charge in [0.25, 0.3) is 5.91 Å². The van der Waals surface area contributed by atoms with Gasteiger partial charge in [-0.15, -0.1) is 0 Å². The molecule has 0 saturated heterocycles. The van der Waals surface area contributed by atoms with Crippen molar-refractivity contribution in [2.45, 2.75) is 19.4 Å². The van der Waals surface area contributed by atoms with Crippen LogP contribution in [0.2, 0.25) is 0 Å². The molecule has 1 aromatic carbocycles. The number of benzene rings is 1. The molecule has 0 bridgehead atoms. The first kappa shape index (κ1) is 14.3. The average molecular weight is 252 g/mol. The maximum absolute atomic E-state index is 11.7. The van der Waals surface area contributed by atoms with Gasteiger partial charge in [0.1, 0.15) is 5.75 Å². The van der Waals surface area contributed by atoms with Crippen molar-refractivity contribution in [2.75, 3.05) is 26.0 Å². The van der Waals surface area contributed by atoms with Gasteiger partial charge in [-0.3, -0.25) is 4.79 Å². The number of nitrogen functional groups attached to an aromatic ring is 1. The summed E-state index contributed by atoms with van der Waals surface area (Å²) in [6.07, 6.45) is 0.257. The van der Waals surface area contributed by atoms with E-state index < -0.39 is 6.10 Å². The van der Waals surface area contributed by atoms with Crippen molar-refractivity contribution in [3.8, 4) is 5.75 Å². The minimum Gasteiger partial charge on any atom is -0.481 e. The van der Waals surface area contributed by atoms with Crippen LogP contribution in [0.25, 0.3) is 0 Å². The Morgan fingerprint density at radius 2 is 2.06 bits per heavy atom. The Morgan fingerprint density at radius 1 is 1.39 bits per heavy atom. The molecule has 1 amide bonds. The topological polar surface area (TPSA) is 73.6 Å². The normalized spacial score (nSPS) is 11.9. The first-order chi connectivity index (χ1) is 8.63. The number of nitrogens with one attached hydrogen (secondary N) is 1. The molecule has 3 N–H and O–H groups in total.